The highest BCUT2D eigenvalue weighted by molar-refractivity contribution is 5.05. The van der Waals surface area contributed by atoms with Crippen molar-refractivity contribution in [2.75, 3.05) is 0 Å². The topological polar surface area (TPSA) is 60.6 Å². The summed E-state index contributed by atoms with van der Waals surface area (Å²) < 4.78 is 3.75. The van der Waals surface area contributed by atoms with E-state index in [0.717, 1.165) is 24.3 Å². The lowest BCUT2D eigenvalue weighted by Crippen LogP contribution is -2.21. The molecule has 2 heterocycles. The molecule has 0 fully saturated rings. The zero-order valence-electron chi connectivity index (χ0n) is 11.2. The fraction of sp³-hybridized carbons (Fsp3) is 0.583. The van der Waals surface area contributed by atoms with E-state index in [-0.39, 0.29) is 0 Å². The van der Waals surface area contributed by atoms with Crippen LogP contribution < -0.4 is 5.32 Å². The predicted molar refractivity (Wildman–Crippen MR) is 69.0 cm³/mol. The summed E-state index contributed by atoms with van der Waals surface area (Å²) in [7, 11) is 0. The summed E-state index contributed by atoms with van der Waals surface area (Å²) in [5.41, 5.74) is 2.11. The molecule has 0 aliphatic heterocycles. The van der Waals surface area contributed by atoms with Crippen molar-refractivity contribution in [3.8, 4) is 0 Å². The lowest BCUT2D eigenvalue weighted by Gasteiger charge is -2.04. The third-order valence-corrected chi connectivity index (χ3v) is 2.63. The van der Waals surface area contributed by atoms with Crippen molar-refractivity contribution in [1.82, 2.24) is 30.1 Å². The van der Waals surface area contributed by atoms with Gasteiger partial charge < -0.3 is 5.32 Å². The highest BCUT2D eigenvalue weighted by Crippen LogP contribution is 2.02. The summed E-state index contributed by atoms with van der Waals surface area (Å²) >= 11 is 0. The molecule has 18 heavy (non-hydrogen) atoms. The quantitative estimate of drug-likeness (QED) is 0.830. The first-order valence-electron chi connectivity index (χ1n) is 6.31. The SMILES string of the molecule is CCn1cc(Cn2cc(CNC(C)C)nn2)cn1. The number of hydrogen-bond donors (Lipinski definition) is 1. The monoisotopic (exact) mass is 248 g/mol. The van der Waals surface area contributed by atoms with Gasteiger partial charge in [0.15, 0.2) is 0 Å². The molecule has 1 N–H and O–H groups in total. The van der Waals surface area contributed by atoms with Gasteiger partial charge in [0.05, 0.1) is 24.6 Å². The molecule has 0 aromatic carbocycles. The Hall–Kier alpha value is -1.69. The average molecular weight is 248 g/mol. The normalized spacial score (nSPS) is 11.3. The molecule has 0 aliphatic rings. The summed E-state index contributed by atoms with van der Waals surface area (Å²) in [5.74, 6) is 0. The maximum absolute atomic E-state index is 4.24. The van der Waals surface area contributed by atoms with E-state index in [9.17, 15) is 0 Å². The van der Waals surface area contributed by atoms with Crippen LogP contribution in [0.1, 0.15) is 32.0 Å². The van der Waals surface area contributed by atoms with Gasteiger partial charge in [-0.3, -0.25) is 4.68 Å². The van der Waals surface area contributed by atoms with Crippen LogP contribution in [0.15, 0.2) is 18.6 Å². The first-order valence-corrected chi connectivity index (χ1v) is 6.31. The maximum atomic E-state index is 4.24. The van der Waals surface area contributed by atoms with Crippen molar-refractivity contribution in [2.24, 2.45) is 0 Å². The minimum absolute atomic E-state index is 0.456. The Balaban J connectivity index is 1.93. The maximum Gasteiger partial charge on any atom is 0.0965 e. The molecule has 0 amide bonds. The Bertz CT molecular complexity index is 484. The van der Waals surface area contributed by atoms with Crippen molar-refractivity contribution >= 4 is 0 Å². The van der Waals surface area contributed by atoms with Gasteiger partial charge in [0, 0.05) is 30.9 Å². The van der Waals surface area contributed by atoms with Crippen LogP contribution in [0.25, 0.3) is 0 Å². The molecule has 0 spiro atoms. The Morgan fingerprint density at radius 1 is 1.28 bits per heavy atom. The number of nitrogens with zero attached hydrogens (tertiary/aromatic N) is 5. The lowest BCUT2D eigenvalue weighted by molar-refractivity contribution is 0.580. The summed E-state index contributed by atoms with van der Waals surface area (Å²) in [6, 6.07) is 0.456. The Labute approximate surface area is 107 Å². The third kappa shape index (κ3) is 3.40. The molecule has 2 aromatic heterocycles. The van der Waals surface area contributed by atoms with Crippen molar-refractivity contribution in [2.45, 2.75) is 46.4 Å². The van der Waals surface area contributed by atoms with Gasteiger partial charge in [0.1, 0.15) is 0 Å². The van der Waals surface area contributed by atoms with Gasteiger partial charge >= 0.3 is 0 Å². The molecule has 0 saturated carbocycles. The second-order valence-electron chi connectivity index (χ2n) is 4.65. The summed E-state index contributed by atoms with van der Waals surface area (Å²) in [4.78, 5) is 0. The van der Waals surface area contributed by atoms with Crippen molar-refractivity contribution in [3.05, 3.63) is 29.8 Å². The minimum atomic E-state index is 0.456. The van der Waals surface area contributed by atoms with E-state index in [2.05, 4.69) is 41.5 Å². The first kappa shape index (κ1) is 12.8. The third-order valence-electron chi connectivity index (χ3n) is 2.63. The molecule has 6 heteroatoms. The molecule has 0 saturated heterocycles. The molecule has 0 aliphatic carbocycles. The number of aryl methyl sites for hydroxylation is 1. The number of hydrogen-bond acceptors (Lipinski definition) is 4. The van der Waals surface area contributed by atoms with E-state index >= 15 is 0 Å². The number of aromatic nitrogens is 5. The first-order chi connectivity index (χ1) is 8.67. The van der Waals surface area contributed by atoms with E-state index in [1.807, 2.05) is 28.0 Å². The number of nitrogens with one attached hydrogen (secondary N) is 1. The fourth-order valence-corrected chi connectivity index (χ4v) is 1.65. The van der Waals surface area contributed by atoms with Gasteiger partial charge in [-0.25, -0.2) is 4.68 Å². The lowest BCUT2D eigenvalue weighted by atomic mass is 10.3. The summed E-state index contributed by atoms with van der Waals surface area (Å²) in [6.45, 7) is 8.66. The van der Waals surface area contributed by atoms with E-state index in [1.165, 1.54) is 0 Å². The molecule has 98 valence electrons. The molecular weight excluding hydrogens is 228 g/mol. The summed E-state index contributed by atoms with van der Waals surface area (Å²) in [6.07, 6.45) is 5.88. The van der Waals surface area contributed by atoms with Crippen LogP contribution in [0, 0.1) is 0 Å². The summed E-state index contributed by atoms with van der Waals surface area (Å²) in [5, 5.41) is 15.8. The standard InChI is InChI=1S/C12H20N6/c1-4-17-7-11(5-14-17)8-18-9-12(15-16-18)6-13-10(2)3/h5,7,9-10,13H,4,6,8H2,1-3H3. The highest BCUT2D eigenvalue weighted by Gasteiger charge is 2.03. The largest absolute Gasteiger partial charge is 0.309 e. The van der Waals surface area contributed by atoms with Crippen molar-refractivity contribution in [3.63, 3.8) is 0 Å². The van der Waals surface area contributed by atoms with Crippen LogP contribution in [-0.4, -0.2) is 30.8 Å². The Kier molecular flexibility index (Phi) is 4.09. The van der Waals surface area contributed by atoms with Gasteiger partial charge in [-0.05, 0) is 6.92 Å². The Morgan fingerprint density at radius 3 is 2.78 bits per heavy atom. The van der Waals surface area contributed by atoms with E-state index < -0.39 is 0 Å². The smallest absolute Gasteiger partial charge is 0.0965 e. The van der Waals surface area contributed by atoms with E-state index in [0.29, 0.717) is 12.6 Å². The van der Waals surface area contributed by atoms with E-state index in [1.54, 1.807) is 0 Å². The van der Waals surface area contributed by atoms with Crippen LogP contribution in [0.5, 0.6) is 0 Å². The van der Waals surface area contributed by atoms with Crippen LogP contribution in [-0.2, 0) is 19.6 Å². The number of rotatable bonds is 6. The van der Waals surface area contributed by atoms with Gasteiger partial charge in [-0.1, -0.05) is 19.1 Å². The zero-order valence-corrected chi connectivity index (χ0v) is 11.2. The van der Waals surface area contributed by atoms with Crippen molar-refractivity contribution < 1.29 is 0 Å². The molecule has 0 radical (unpaired) electrons. The highest BCUT2D eigenvalue weighted by atomic mass is 15.4. The predicted octanol–water partition coefficient (Wildman–Crippen LogP) is 1.04. The molecular formula is C12H20N6. The molecule has 2 rings (SSSR count). The van der Waals surface area contributed by atoms with Gasteiger partial charge in [-0.15, -0.1) is 5.10 Å². The molecule has 0 unspecified atom stereocenters. The van der Waals surface area contributed by atoms with Crippen LogP contribution in [0.4, 0.5) is 0 Å². The molecule has 2 aromatic rings. The minimum Gasteiger partial charge on any atom is -0.309 e. The molecule has 0 bridgehead atoms. The second-order valence-corrected chi connectivity index (χ2v) is 4.65. The molecule has 6 nitrogen and oxygen atoms in total. The van der Waals surface area contributed by atoms with Crippen LogP contribution in [0.2, 0.25) is 0 Å². The Morgan fingerprint density at radius 2 is 2.11 bits per heavy atom. The average Bonchev–Trinajstić information content (AvgIpc) is 2.96. The second kappa shape index (κ2) is 5.77. The van der Waals surface area contributed by atoms with Crippen LogP contribution >= 0.6 is 0 Å². The zero-order chi connectivity index (χ0) is 13.0. The van der Waals surface area contributed by atoms with Crippen molar-refractivity contribution in [1.29, 1.82) is 0 Å². The van der Waals surface area contributed by atoms with Crippen LogP contribution in [0.3, 0.4) is 0 Å². The van der Waals surface area contributed by atoms with E-state index in [4.69, 9.17) is 0 Å². The van der Waals surface area contributed by atoms with Gasteiger partial charge in [0.2, 0.25) is 0 Å². The molecule has 0 atom stereocenters. The fourth-order valence-electron chi connectivity index (χ4n) is 1.65. The van der Waals surface area contributed by atoms with Gasteiger partial charge in [0.25, 0.3) is 0 Å². The van der Waals surface area contributed by atoms with Gasteiger partial charge in [-0.2, -0.15) is 5.10 Å².